The van der Waals surface area contributed by atoms with Crippen LogP contribution in [0.25, 0.3) is 17.1 Å². The number of para-hydroxylation sites is 1. The molecule has 8 nitrogen and oxygen atoms in total. The van der Waals surface area contributed by atoms with E-state index in [9.17, 15) is 14.0 Å². The molecule has 2 aromatic heterocycles. The number of esters is 1. The van der Waals surface area contributed by atoms with E-state index < -0.39 is 11.8 Å². The molecular weight excluding hydrogens is 459 g/mol. The number of likely N-dealkylation sites (N-methyl/N-ethyl adjacent to an activating group) is 1. The van der Waals surface area contributed by atoms with Gasteiger partial charge in [0.1, 0.15) is 11.6 Å². The molecular formula is C24H21FN4O4S. The van der Waals surface area contributed by atoms with E-state index in [-0.39, 0.29) is 24.8 Å². The van der Waals surface area contributed by atoms with Crippen molar-refractivity contribution in [1.82, 2.24) is 19.7 Å². The van der Waals surface area contributed by atoms with E-state index in [2.05, 4.69) is 10.2 Å². The highest BCUT2D eigenvalue weighted by Crippen LogP contribution is 2.29. The summed E-state index contributed by atoms with van der Waals surface area (Å²) in [5.41, 5.74) is 1.01. The first-order valence-corrected chi connectivity index (χ1v) is 11.3. The van der Waals surface area contributed by atoms with Crippen LogP contribution in [0.3, 0.4) is 0 Å². The van der Waals surface area contributed by atoms with E-state index in [1.54, 1.807) is 41.9 Å². The lowest BCUT2D eigenvalue weighted by atomic mass is 10.2. The molecule has 0 aliphatic heterocycles. The fourth-order valence-corrected chi connectivity index (χ4v) is 3.88. The van der Waals surface area contributed by atoms with Crippen LogP contribution in [0, 0.1) is 5.82 Å². The molecule has 0 aliphatic carbocycles. The second-order valence-corrected chi connectivity index (χ2v) is 8.18. The average molecular weight is 481 g/mol. The van der Waals surface area contributed by atoms with Crippen LogP contribution >= 0.6 is 11.8 Å². The third kappa shape index (κ3) is 5.52. The maximum atomic E-state index is 14.5. The first-order valence-electron chi connectivity index (χ1n) is 10.3. The summed E-state index contributed by atoms with van der Waals surface area (Å²) in [6, 6.07) is 19.0. The van der Waals surface area contributed by atoms with Gasteiger partial charge < -0.3 is 14.1 Å². The predicted molar refractivity (Wildman–Crippen MR) is 124 cm³/mol. The number of halogens is 1. The van der Waals surface area contributed by atoms with Gasteiger partial charge in [0.15, 0.2) is 17.6 Å². The Balaban J connectivity index is 1.42. The van der Waals surface area contributed by atoms with Crippen molar-refractivity contribution in [2.75, 3.05) is 19.4 Å². The number of thioether (sulfide) groups is 1. The van der Waals surface area contributed by atoms with E-state index in [1.165, 1.54) is 17.2 Å². The molecule has 2 heterocycles. The van der Waals surface area contributed by atoms with E-state index in [0.29, 0.717) is 22.3 Å². The number of amides is 1. The minimum atomic E-state index is -0.584. The van der Waals surface area contributed by atoms with E-state index in [0.717, 1.165) is 17.4 Å². The van der Waals surface area contributed by atoms with Crippen LogP contribution in [0.1, 0.15) is 5.76 Å². The predicted octanol–water partition coefficient (Wildman–Crippen LogP) is 3.96. The Kier molecular flexibility index (Phi) is 7.38. The van der Waals surface area contributed by atoms with E-state index in [1.807, 2.05) is 30.3 Å². The topological polar surface area (TPSA) is 90.5 Å². The standard InChI is InChI=1S/C24H21FN4O4S/c1-28(14-18-10-7-13-32-18)21(30)15-33-22(31)16-34-24-27-26-23(19-11-5-6-12-20(19)25)29(24)17-8-3-2-4-9-17/h2-13H,14-16H2,1H3. The van der Waals surface area contributed by atoms with Crippen LogP contribution < -0.4 is 0 Å². The number of ether oxygens (including phenoxy) is 1. The van der Waals surface area contributed by atoms with Crippen molar-refractivity contribution >= 4 is 23.6 Å². The van der Waals surface area contributed by atoms with Crippen LogP contribution in [-0.4, -0.2) is 50.9 Å². The zero-order valence-corrected chi connectivity index (χ0v) is 19.1. The highest BCUT2D eigenvalue weighted by atomic mass is 32.2. The number of benzene rings is 2. The summed E-state index contributed by atoms with van der Waals surface area (Å²) in [7, 11) is 1.60. The van der Waals surface area contributed by atoms with Gasteiger partial charge in [-0.15, -0.1) is 10.2 Å². The summed E-state index contributed by atoms with van der Waals surface area (Å²) in [4.78, 5) is 25.9. The molecule has 0 unspecified atom stereocenters. The summed E-state index contributed by atoms with van der Waals surface area (Å²) in [6.07, 6.45) is 1.52. The maximum Gasteiger partial charge on any atom is 0.316 e. The van der Waals surface area contributed by atoms with Gasteiger partial charge in [0.25, 0.3) is 5.91 Å². The maximum absolute atomic E-state index is 14.5. The molecule has 0 fully saturated rings. The summed E-state index contributed by atoms with van der Waals surface area (Å²) in [5, 5.41) is 8.72. The molecule has 4 aromatic rings. The van der Waals surface area contributed by atoms with Gasteiger partial charge in [-0.05, 0) is 36.4 Å². The number of hydrogen-bond acceptors (Lipinski definition) is 7. The smallest absolute Gasteiger partial charge is 0.316 e. The Morgan fingerprint density at radius 3 is 2.56 bits per heavy atom. The van der Waals surface area contributed by atoms with Crippen LogP contribution in [0.2, 0.25) is 0 Å². The molecule has 174 valence electrons. The van der Waals surface area contributed by atoms with Gasteiger partial charge in [0.05, 0.1) is 24.1 Å². The van der Waals surface area contributed by atoms with Crippen molar-refractivity contribution in [1.29, 1.82) is 0 Å². The summed E-state index contributed by atoms with van der Waals surface area (Å²) in [5.74, 6) is -0.528. The quantitative estimate of drug-likeness (QED) is 0.265. The first-order chi connectivity index (χ1) is 16.5. The van der Waals surface area contributed by atoms with Crippen LogP contribution in [0.15, 0.2) is 82.6 Å². The number of carbonyl (C=O) groups is 2. The number of aromatic nitrogens is 3. The molecule has 2 aromatic carbocycles. The molecule has 1 amide bonds. The van der Waals surface area contributed by atoms with Gasteiger partial charge in [0, 0.05) is 12.7 Å². The lowest BCUT2D eigenvalue weighted by Gasteiger charge is -2.15. The number of hydrogen-bond donors (Lipinski definition) is 0. The molecule has 0 N–H and O–H groups in total. The summed E-state index contributed by atoms with van der Waals surface area (Å²) in [6.45, 7) is -0.112. The SMILES string of the molecule is CN(Cc1ccco1)C(=O)COC(=O)CSc1nnc(-c2ccccc2F)n1-c1ccccc1. The lowest BCUT2D eigenvalue weighted by molar-refractivity contribution is -0.149. The van der Waals surface area contributed by atoms with Crippen molar-refractivity contribution in [2.45, 2.75) is 11.7 Å². The molecule has 0 atom stereocenters. The van der Waals surface area contributed by atoms with E-state index >= 15 is 0 Å². The molecule has 0 aliphatic rings. The minimum absolute atomic E-state index is 0.0998. The third-order valence-electron chi connectivity index (χ3n) is 4.84. The van der Waals surface area contributed by atoms with Crippen LogP contribution in [-0.2, 0) is 20.9 Å². The second kappa shape index (κ2) is 10.8. The van der Waals surface area contributed by atoms with Crippen LogP contribution in [0.4, 0.5) is 4.39 Å². The fourth-order valence-electron chi connectivity index (χ4n) is 3.13. The average Bonchev–Trinajstić information content (AvgIpc) is 3.52. The highest BCUT2D eigenvalue weighted by Gasteiger charge is 2.20. The van der Waals surface area contributed by atoms with Gasteiger partial charge >= 0.3 is 5.97 Å². The number of carbonyl (C=O) groups excluding carboxylic acids is 2. The summed E-state index contributed by atoms with van der Waals surface area (Å²) >= 11 is 1.09. The minimum Gasteiger partial charge on any atom is -0.467 e. The number of rotatable bonds is 9. The van der Waals surface area contributed by atoms with Gasteiger partial charge in [-0.1, -0.05) is 42.1 Å². The summed E-state index contributed by atoms with van der Waals surface area (Å²) < 4.78 is 26.5. The molecule has 10 heteroatoms. The fraction of sp³-hybridized carbons (Fsp3) is 0.167. The molecule has 34 heavy (non-hydrogen) atoms. The molecule has 0 bridgehead atoms. The molecule has 0 saturated heterocycles. The van der Waals surface area contributed by atoms with Gasteiger partial charge in [-0.25, -0.2) is 4.39 Å². The molecule has 0 radical (unpaired) electrons. The number of nitrogens with zero attached hydrogens (tertiary/aromatic N) is 4. The van der Waals surface area contributed by atoms with E-state index in [4.69, 9.17) is 9.15 Å². The zero-order chi connectivity index (χ0) is 23.9. The zero-order valence-electron chi connectivity index (χ0n) is 18.3. The Hall–Kier alpha value is -3.92. The van der Waals surface area contributed by atoms with Gasteiger partial charge in [-0.2, -0.15) is 0 Å². The molecule has 0 spiro atoms. The first kappa shape index (κ1) is 23.2. The highest BCUT2D eigenvalue weighted by molar-refractivity contribution is 7.99. The third-order valence-corrected chi connectivity index (χ3v) is 5.74. The number of furan rings is 1. The Bertz CT molecular complexity index is 1260. The Morgan fingerprint density at radius 2 is 1.82 bits per heavy atom. The Labute approximate surface area is 199 Å². The molecule has 0 saturated carbocycles. The largest absolute Gasteiger partial charge is 0.467 e. The van der Waals surface area contributed by atoms with Gasteiger partial charge in [-0.3, -0.25) is 14.2 Å². The van der Waals surface area contributed by atoms with Crippen molar-refractivity contribution in [3.05, 3.63) is 84.6 Å². The van der Waals surface area contributed by atoms with Crippen molar-refractivity contribution in [3.63, 3.8) is 0 Å². The lowest BCUT2D eigenvalue weighted by Crippen LogP contribution is -2.31. The second-order valence-electron chi connectivity index (χ2n) is 7.24. The van der Waals surface area contributed by atoms with Crippen LogP contribution in [0.5, 0.6) is 0 Å². The normalized spacial score (nSPS) is 10.8. The van der Waals surface area contributed by atoms with Gasteiger partial charge in [0.2, 0.25) is 0 Å². The van der Waals surface area contributed by atoms with Crippen molar-refractivity contribution in [3.8, 4) is 17.1 Å². The van der Waals surface area contributed by atoms with Crippen molar-refractivity contribution in [2.24, 2.45) is 0 Å². The molecule has 4 rings (SSSR count). The monoisotopic (exact) mass is 480 g/mol. The Morgan fingerprint density at radius 1 is 1.06 bits per heavy atom. The van der Waals surface area contributed by atoms with Crippen molar-refractivity contribution < 1.29 is 23.1 Å².